The van der Waals surface area contributed by atoms with Crippen molar-refractivity contribution in [2.75, 3.05) is 0 Å². The van der Waals surface area contributed by atoms with E-state index in [4.69, 9.17) is 0 Å². The van der Waals surface area contributed by atoms with Gasteiger partial charge in [-0.1, -0.05) is 27.7 Å². The van der Waals surface area contributed by atoms with Gasteiger partial charge < -0.3 is 10.2 Å². The number of ketones is 2. The Morgan fingerprint density at radius 2 is 1.03 bits per heavy atom. The lowest BCUT2D eigenvalue weighted by molar-refractivity contribution is -0.118. The Hall–Kier alpha value is -2.24. The number of unbranched alkanes of at least 4 members (excludes halogenated alkanes) is 1. The molecule has 0 atom stereocenters. The average Bonchev–Trinajstić information content (AvgIpc) is 2.61. The molecule has 0 aliphatic heterocycles. The van der Waals surface area contributed by atoms with Crippen molar-refractivity contribution in [2.24, 2.45) is 20.8 Å². The number of carbonyl (C=O) groups is 2. The Kier molecular flexibility index (Phi) is 9.06. The van der Waals surface area contributed by atoms with E-state index in [9.17, 15) is 19.8 Å². The van der Waals surface area contributed by atoms with Gasteiger partial charge in [0.25, 0.3) is 0 Å². The minimum atomic E-state index is -0.164. The highest BCUT2D eigenvalue weighted by atomic mass is 16.3. The van der Waals surface area contributed by atoms with Crippen LogP contribution in [0.4, 0.5) is 0 Å². The highest BCUT2D eigenvalue weighted by Crippen LogP contribution is 2.37. The number of allylic oxidation sites excluding steroid dienone is 4. The van der Waals surface area contributed by atoms with Crippen molar-refractivity contribution in [1.82, 2.24) is 0 Å². The smallest absolute Gasteiger partial charge is 0.168 e. The average molecular weight is 473 g/mol. The fourth-order valence-electron chi connectivity index (χ4n) is 4.91. The number of rotatable bonds is 7. The zero-order valence-electron chi connectivity index (χ0n) is 22.4. The van der Waals surface area contributed by atoms with Gasteiger partial charge >= 0.3 is 0 Å². The van der Waals surface area contributed by atoms with Crippen LogP contribution >= 0.6 is 0 Å². The summed E-state index contributed by atoms with van der Waals surface area (Å²) in [7, 11) is 0. The van der Waals surface area contributed by atoms with Crippen LogP contribution in [0.25, 0.3) is 0 Å². The lowest BCUT2D eigenvalue weighted by atomic mass is 9.73. The third-order valence-electron chi connectivity index (χ3n) is 6.19. The molecule has 0 aromatic heterocycles. The maximum absolute atomic E-state index is 12.8. The van der Waals surface area contributed by atoms with Crippen LogP contribution in [0.3, 0.4) is 0 Å². The summed E-state index contributed by atoms with van der Waals surface area (Å²) in [6, 6.07) is 0.0885. The van der Waals surface area contributed by atoms with Crippen LogP contribution in [-0.4, -0.2) is 45.3 Å². The van der Waals surface area contributed by atoms with E-state index in [2.05, 4.69) is 37.7 Å². The third-order valence-corrected chi connectivity index (χ3v) is 6.19. The van der Waals surface area contributed by atoms with Crippen LogP contribution in [0, 0.1) is 10.8 Å². The zero-order valence-corrected chi connectivity index (χ0v) is 22.4. The molecular weight excluding hydrogens is 428 g/mol. The first-order valence-corrected chi connectivity index (χ1v) is 12.7. The molecule has 0 heterocycles. The van der Waals surface area contributed by atoms with Gasteiger partial charge in [0.1, 0.15) is 11.5 Å². The summed E-state index contributed by atoms with van der Waals surface area (Å²) in [5.74, 6) is 0.0698. The van der Waals surface area contributed by atoms with Crippen LogP contribution in [0.5, 0.6) is 0 Å². The summed E-state index contributed by atoms with van der Waals surface area (Å²) >= 11 is 0. The highest BCUT2D eigenvalue weighted by Gasteiger charge is 2.37. The molecule has 2 fully saturated rings. The third kappa shape index (κ3) is 7.64. The van der Waals surface area contributed by atoms with Gasteiger partial charge in [-0.2, -0.15) is 0 Å². The van der Waals surface area contributed by atoms with Gasteiger partial charge in [-0.05, 0) is 64.2 Å². The van der Waals surface area contributed by atoms with Crippen LogP contribution in [0.15, 0.2) is 32.6 Å². The Bertz CT molecular complexity index is 854. The van der Waals surface area contributed by atoms with Crippen LogP contribution in [-0.2, 0) is 9.59 Å². The van der Waals surface area contributed by atoms with E-state index in [1.807, 2.05) is 27.7 Å². The summed E-state index contributed by atoms with van der Waals surface area (Å²) in [6.07, 6.45) is 3.99. The van der Waals surface area contributed by atoms with Gasteiger partial charge in [0.15, 0.2) is 11.6 Å². The quantitative estimate of drug-likeness (QED) is 0.246. The van der Waals surface area contributed by atoms with Gasteiger partial charge in [-0.25, -0.2) is 0 Å². The normalized spacial score (nSPS) is 26.1. The highest BCUT2D eigenvalue weighted by molar-refractivity contribution is 6.25. The number of aliphatic imine (C=N–C) groups is 2. The van der Waals surface area contributed by atoms with Crippen molar-refractivity contribution in [3.8, 4) is 0 Å². The fraction of sp³-hybridized carbons (Fsp3) is 0.714. The van der Waals surface area contributed by atoms with E-state index in [1.54, 1.807) is 0 Å². The molecule has 0 radical (unpaired) electrons. The second-order valence-corrected chi connectivity index (χ2v) is 12.1. The molecule has 0 bridgehead atoms. The largest absolute Gasteiger partial charge is 0.511 e. The maximum Gasteiger partial charge on any atom is 0.168 e. The molecule has 0 aromatic carbocycles. The first-order valence-electron chi connectivity index (χ1n) is 12.7. The van der Waals surface area contributed by atoms with Gasteiger partial charge in [0, 0.05) is 49.2 Å². The minimum Gasteiger partial charge on any atom is -0.511 e. The van der Waals surface area contributed by atoms with Crippen LogP contribution < -0.4 is 0 Å². The van der Waals surface area contributed by atoms with Crippen molar-refractivity contribution in [3.05, 3.63) is 22.7 Å². The van der Waals surface area contributed by atoms with Crippen LogP contribution in [0.2, 0.25) is 0 Å². The van der Waals surface area contributed by atoms with E-state index < -0.39 is 0 Å². The van der Waals surface area contributed by atoms with Gasteiger partial charge in [0.2, 0.25) is 0 Å². The van der Waals surface area contributed by atoms with Crippen molar-refractivity contribution in [3.63, 3.8) is 0 Å². The molecule has 0 spiro atoms. The Balaban J connectivity index is 2.14. The predicted molar refractivity (Wildman–Crippen MR) is 139 cm³/mol. The Morgan fingerprint density at radius 1 is 0.706 bits per heavy atom. The second kappa shape index (κ2) is 11.0. The molecule has 190 valence electrons. The number of hydrogen-bond donors (Lipinski definition) is 2. The molecular formula is C28H44N2O4. The lowest BCUT2D eigenvalue weighted by Crippen LogP contribution is -2.33. The number of aliphatic hydroxyl groups excluding tert-OH is 2. The Morgan fingerprint density at radius 3 is 1.32 bits per heavy atom. The number of nitrogens with zero attached hydrogens (tertiary/aromatic N) is 2. The summed E-state index contributed by atoms with van der Waals surface area (Å²) < 4.78 is 0. The maximum atomic E-state index is 12.8. The molecule has 6 heteroatoms. The monoisotopic (exact) mass is 472 g/mol. The van der Waals surface area contributed by atoms with Crippen molar-refractivity contribution in [1.29, 1.82) is 0 Å². The SMILES string of the molecule is CC(C)N=C1CC(C)(C)CC(=O)C1=C(O)CCCCC(O)=C1C(=O)CC(C)(C)CC1=NC(C)C. The number of Topliss-reactive ketones (excluding diaryl/α,β-unsaturated/α-hetero) is 2. The first-order chi connectivity index (χ1) is 15.6. The second-order valence-electron chi connectivity index (χ2n) is 12.1. The molecule has 2 rings (SSSR count). The number of aliphatic hydroxyl groups is 2. The first kappa shape index (κ1) is 28.0. The van der Waals surface area contributed by atoms with E-state index >= 15 is 0 Å². The van der Waals surface area contributed by atoms with Gasteiger partial charge in [0.05, 0.1) is 11.1 Å². The molecule has 0 unspecified atom stereocenters. The molecule has 0 amide bonds. The summed E-state index contributed by atoms with van der Waals surface area (Å²) in [5.41, 5.74) is 1.83. The van der Waals surface area contributed by atoms with Gasteiger partial charge in [-0.15, -0.1) is 0 Å². The molecule has 2 aliphatic rings. The standard InChI is InChI=1S/C28H44N2O4/c1-17(2)29-19-13-27(5,6)15-23(33)25(19)21(31)11-9-10-12-22(32)26-20(30-18(3)4)14-28(7,8)16-24(26)34/h17-18,31-32H,9-16H2,1-8H3. The topological polar surface area (TPSA) is 99.3 Å². The van der Waals surface area contributed by atoms with E-state index in [0.29, 0.717) is 73.9 Å². The van der Waals surface area contributed by atoms with Gasteiger partial charge in [-0.3, -0.25) is 19.6 Å². The molecule has 2 N–H and O–H groups in total. The van der Waals surface area contributed by atoms with Crippen molar-refractivity contribution < 1.29 is 19.8 Å². The molecule has 0 aromatic rings. The van der Waals surface area contributed by atoms with E-state index in [1.165, 1.54) is 0 Å². The molecule has 34 heavy (non-hydrogen) atoms. The summed E-state index contributed by atoms with van der Waals surface area (Å²) in [6.45, 7) is 16.1. The fourth-order valence-corrected chi connectivity index (χ4v) is 4.91. The minimum absolute atomic E-state index is 0.0442. The molecule has 2 aliphatic carbocycles. The van der Waals surface area contributed by atoms with E-state index in [0.717, 1.165) is 0 Å². The summed E-state index contributed by atoms with van der Waals surface area (Å²) in [4.78, 5) is 34.9. The van der Waals surface area contributed by atoms with Crippen molar-refractivity contribution in [2.45, 2.75) is 119 Å². The van der Waals surface area contributed by atoms with Crippen molar-refractivity contribution >= 4 is 23.0 Å². The molecule has 2 saturated carbocycles. The zero-order chi connectivity index (χ0) is 25.8. The van der Waals surface area contributed by atoms with Crippen LogP contribution in [0.1, 0.15) is 107 Å². The molecule has 6 nitrogen and oxygen atoms in total. The summed E-state index contributed by atoms with van der Waals surface area (Å²) in [5, 5.41) is 21.6. The predicted octanol–water partition coefficient (Wildman–Crippen LogP) is 6.65. The molecule has 0 saturated heterocycles. The number of carbonyl (C=O) groups excluding carboxylic acids is 2. The number of hydrogen-bond acceptors (Lipinski definition) is 6. The Labute approximate surface area is 205 Å². The lowest BCUT2D eigenvalue weighted by Gasteiger charge is -2.32. The van der Waals surface area contributed by atoms with E-state index in [-0.39, 0.29) is 46.0 Å².